The molecule has 0 saturated carbocycles. The van der Waals surface area contributed by atoms with E-state index in [4.69, 9.17) is 27.9 Å². The Morgan fingerprint density at radius 2 is 1.61 bits per heavy atom. The molecule has 5 nitrogen and oxygen atoms in total. The van der Waals surface area contributed by atoms with Gasteiger partial charge in [-0.1, -0.05) is 23.2 Å². The average molecular weight is 478 g/mol. The Morgan fingerprint density at radius 1 is 0.968 bits per heavy atom. The fourth-order valence-electron chi connectivity index (χ4n) is 3.24. The molecule has 0 bridgehead atoms. The molecule has 0 saturated heterocycles. The Kier molecular flexibility index (Phi) is 5.51. The van der Waals surface area contributed by atoms with Gasteiger partial charge in [-0.3, -0.25) is 4.79 Å². The maximum Gasteiger partial charge on any atom is 0.214 e. The van der Waals surface area contributed by atoms with Crippen LogP contribution in [0.25, 0.3) is 0 Å². The smallest absolute Gasteiger partial charge is 0.214 e. The Hall–Kier alpha value is -2.87. The Labute approximate surface area is 188 Å². The molecule has 3 aromatic rings. The van der Waals surface area contributed by atoms with Crippen molar-refractivity contribution in [2.24, 2.45) is 0 Å². The van der Waals surface area contributed by atoms with Crippen LogP contribution < -0.4 is 9.64 Å². The third kappa shape index (κ3) is 3.92. The number of fused-ring (bicyclic) bond motifs is 1. The SMILES string of the molecule is COc1ccc(C(=O)C2=CN(c3cc(Cl)cc(Cl)c3)c3cc(F)ccc3S2(=O)=O)cc1. The van der Waals surface area contributed by atoms with Crippen molar-refractivity contribution in [3.63, 3.8) is 0 Å². The number of ketones is 1. The summed E-state index contributed by atoms with van der Waals surface area (Å²) in [5.41, 5.74) is 0.578. The molecule has 3 aromatic carbocycles. The fourth-order valence-corrected chi connectivity index (χ4v) is 5.28. The summed E-state index contributed by atoms with van der Waals surface area (Å²) in [5.74, 6) is -0.825. The number of ether oxygens (including phenoxy) is 1. The first-order valence-electron chi connectivity index (χ1n) is 8.91. The van der Waals surface area contributed by atoms with Gasteiger partial charge in [0.05, 0.1) is 17.7 Å². The Morgan fingerprint density at radius 3 is 2.23 bits per heavy atom. The highest BCUT2D eigenvalue weighted by Crippen LogP contribution is 2.42. The van der Waals surface area contributed by atoms with Crippen LogP contribution in [-0.2, 0) is 9.84 Å². The van der Waals surface area contributed by atoms with Gasteiger partial charge in [0.2, 0.25) is 15.6 Å². The zero-order valence-corrected chi connectivity index (χ0v) is 18.3. The molecular weight excluding hydrogens is 464 g/mol. The molecule has 158 valence electrons. The zero-order chi connectivity index (χ0) is 22.3. The highest BCUT2D eigenvalue weighted by molar-refractivity contribution is 7.96. The summed E-state index contributed by atoms with van der Waals surface area (Å²) in [7, 11) is -2.74. The molecular formula is C22H14Cl2FNO4S. The molecule has 0 amide bonds. The van der Waals surface area contributed by atoms with Crippen LogP contribution in [0.4, 0.5) is 15.8 Å². The topological polar surface area (TPSA) is 63.7 Å². The van der Waals surface area contributed by atoms with Crippen molar-refractivity contribution in [1.29, 1.82) is 0 Å². The van der Waals surface area contributed by atoms with E-state index in [-0.39, 0.29) is 16.1 Å². The second-order valence-corrected chi connectivity index (χ2v) is 9.42. The van der Waals surface area contributed by atoms with Crippen molar-refractivity contribution < 1.29 is 22.3 Å². The number of Topliss-reactive ketones (excluding diaryl/α,β-unsaturated/α-hetero) is 1. The van der Waals surface area contributed by atoms with Gasteiger partial charge in [0.15, 0.2) is 0 Å². The summed E-state index contributed by atoms with van der Waals surface area (Å²) in [6, 6.07) is 13.9. The highest BCUT2D eigenvalue weighted by Gasteiger charge is 2.36. The number of nitrogens with zero attached hydrogens (tertiary/aromatic N) is 1. The van der Waals surface area contributed by atoms with Crippen LogP contribution in [0.15, 0.2) is 76.7 Å². The van der Waals surface area contributed by atoms with E-state index in [1.54, 1.807) is 12.1 Å². The van der Waals surface area contributed by atoms with Crippen LogP contribution in [-0.4, -0.2) is 21.3 Å². The van der Waals surface area contributed by atoms with Crippen LogP contribution in [0, 0.1) is 5.82 Å². The molecule has 0 aliphatic carbocycles. The maximum atomic E-state index is 14.0. The molecule has 0 spiro atoms. The standard InChI is InChI=1S/C22H14Cl2FNO4S/c1-30-18-5-2-13(3-6-18)22(27)21-12-26(17-9-14(23)8-15(24)10-17)19-11-16(25)4-7-20(19)31(21,28)29/h2-12H,1H3. The van der Waals surface area contributed by atoms with E-state index < -0.39 is 26.3 Å². The van der Waals surface area contributed by atoms with Gasteiger partial charge in [-0.25, -0.2) is 12.8 Å². The van der Waals surface area contributed by atoms with Crippen LogP contribution in [0.5, 0.6) is 5.75 Å². The number of halogens is 3. The van der Waals surface area contributed by atoms with Gasteiger partial charge in [0.25, 0.3) is 0 Å². The molecule has 1 aliphatic heterocycles. The minimum Gasteiger partial charge on any atom is -0.497 e. The molecule has 0 N–H and O–H groups in total. The second-order valence-electron chi connectivity index (χ2n) is 6.66. The van der Waals surface area contributed by atoms with Gasteiger partial charge in [0.1, 0.15) is 16.5 Å². The minimum absolute atomic E-state index is 0.0459. The number of anilines is 2. The van der Waals surface area contributed by atoms with Crippen molar-refractivity contribution in [2.45, 2.75) is 4.90 Å². The van der Waals surface area contributed by atoms with E-state index in [2.05, 4.69) is 0 Å². The van der Waals surface area contributed by atoms with Crippen LogP contribution >= 0.6 is 23.2 Å². The zero-order valence-electron chi connectivity index (χ0n) is 16.0. The summed E-state index contributed by atoms with van der Waals surface area (Å²) < 4.78 is 45.6. The molecule has 0 aromatic heterocycles. The lowest BCUT2D eigenvalue weighted by molar-refractivity contribution is 0.104. The highest BCUT2D eigenvalue weighted by atomic mass is 35.5. The first-order valence-corrected chi connectivity index (χ1v) is 11.1. The molecule has 9 heteroatoms. The summed E-state index contributed by atoms with van der Waals surface area (Å²) >= 11 is 12.2. The average Bonchev–Trinajstić information content (AvgIpc) is 2.72. The molecule has 0 unspecified atom stereocenters. The number of benzene rings is 3. The predicted octanol–water partition coefficient (Wildman–Crippen LogP) is 5.79. The number of hydrogen-bond acceptors (Lipinski definition) is 5. The molecule has 1 aliphatic rings. The van der Waals surface area contributed by atoms with Gasteiger partial charge in [0, 0.05) is 27.5 Å². The number of allylic oxidation sites excluding steroid dienone is 1. The number of hydrogen-bond donors (Lipinski definition) is 0. The Bertz CT molecular complexity index is 1320. The molecule has 0 radical (unpaired) electrons. The van der Waals surface area contributed by atoms with Crippen molar-refractivity contribution in [3.05, 3.63) is 93.2 Å². The van der Waals surface area contributed by atoms with E-state index in [0.717, 1.165) is 24.4 Å². The van der Waals surface area contributed by atoms with Gasteiger partial charge in [-0.15, -0.1) is 0 Å². The van der Waals surface area contributed by atoms with Crippen LogP contribution in [0.2, 0.25) is 10.0 Å². The fraction of sp³-hybridized carbons (Fsp3) is 0.0455. The lowest BCUT2D eigenvalue weighted by Gasteiger charge is -2.29. The summed E-state index contributed by atoms with van der Waals surface area (Å²) in [4.78, 5) is 13.9. The second kappa shape index (κ2) is 8.00. The van der Waals surface area contributed by atoms with Crippen molar-refractivity contribution >= 4 is 50.2 Å². The first kappa shape index (κ1) is 21.4. The van der Waals surface area contributed by atoms with Crippen LogP contribution in [0.1, 0.15) is 10.4 Å². The van der Waals surface area contributed by atoms with E-state index in [1.165, 1.54) is 42.3 Å². The monoisotopic (exact) mass is 477 g/mol. The molecule has 4 rings (SSSR count). The Balaban J connectivity index is 1.92. The van der Waals surface area contributed by atoms with E-state index >= 15 is 0 Å². The molecule has 31 heavy (non-hydrogen) atoms. The first-order chi connectivity index (χ1) is 14.7. The van der Waals surface area contributed by atoms with Gasteiger partial charge >= 0.3 is 0 Å². The van der Waals surface area contributed by atoms with Crippen molar-refractivity contribution in [2.75, 3.05) is 12.0 Å². The summed E-state index contributed by atoms with van der Waals surface area (Å²) in [6.45, 7) is 0. The maximum absolute atomic E-state index is 14.0. The summed E-state index contributed by atoms with van der Waals surface area (Å²) in [6.07, 6.45) is 1.16. The number of carbonyl (C=O) groups excluding carboxylic acids is 1. The molecule has 0 fully saturated rings. The third-order valence-electron chi connectivity index (χ3n) is 4.71. The van der Waals surface area contributed by atoms with E-state index in [1.807, 2.05) is 0 Å². The molecule has 0 atom stereocenters. The number of sulfone groups is 1. The lowest BCUT2D eigenvalue weighted by Crippen LogP contribution is -2.26. The number of carbonyl (C=O) groups is 1. The van der Waals surface area contributed by atoms with Gasteiger partial charge < -0.3 is 9.64 Å². The van der Waals surface area contributed by atoms with Crippen molar-refractivity contribution in [3.8, 4) is 5.75 Å². The van der Waals surface area contributed by atoms with E-state index in [0.29, 0.717) is 21.5 Å². The quantitative estimate of drug-likeness (QED) is 0.351. The van der Waals surface area contributed by atoms with E-state index in [9.17, 15) is 17.6 Å². The van der Waals surface area contributed by atoms with Gasteiger partial charge in [-0.2, -0.15) is 0 Å². The van der Waals surface area contributed by atoms with Gasteiger partial charge in [-0.05, 0) is 60.7 Å². The largest absolute Gasteiger partial charge is 0.497 e. The molecule has 1 heterocycles. The number of methoxy groups -OCH3 is 1. The van der Waals surface area contributed by atoms with Crippen molar-refractivity contribution in [1.82, 2.24) is 0 Å². The normalized spacial score (nSPS) is 14.6. The number of rotatable bonds is 4. The third-order valence-corrected chi connectivity index (χ3v) is 6.94. The summed E-state index contributed by atoms with van der Waals surface area (Å²) in [5, 5.41) is 0.593. The lowest BCUT2D eigenvalue weighted by atomic mass is 10.1. The van der Waals surface area contributed by atoms with Crippen LogP contribution in [0.3, 0.4) is 0 Å². The predicted molar refractivity (Wildman–Crippen MR) is 118 cm³/mol. The minimum atomic E-state index is -4.22.